The molecule has 152 valence electrons. The molecule has 0 saturated heterocycles. The molecule has 0 fully saturated rings. The summed E-state index contributed by atoms with van der Waals surface area (Å²) in [5, 5.41) is 14.5. The van der Waals surface area contributed by atoms with Gasteiger partial charge in [0.15, 0.2) is 9.84 Å². The number of esters is 1. The summed E-state index contributed by atoms with van der Waals surface area (Å²) in [6.45, 7) is 1.84. The van der Waals surface area contributed by atoms with Crippen molar-refractivity contribution in [3.8, 4) is 5.75 Å². The number of urea groups is 1. The van der Waals surface area contributed by atoms with Crippen molar-refractivity contribution >= 4 is 21.8 Å². The molecular weight excluding hydrogens is 396 g/mol. The molecule has 9 heteroatoms. The fourth-order valence-electron chi connectivity index (χ4n) is 3.02. The third-order valence-electron chi connectivity index (χ3n) is 4.50. The standard InChI is InChI=1S/C20H20N2O6S/c1-12-3-9-15(10-4-12)29(26,27)11-16-17(19(24)28-2)18(22-20(25)21-16)13-5-7-14(23)8-6-13/h3-10,18,23H,11H2,1-2H3,(H2,21,22,25)/t18-/m0/s1. The minimum Gasteiger partial charge on any atom is -0.508 e. The maximum atomic E-state index is 12.9. The molecule has 0 bridgehead atoms. The van der Waals surface area contributed by atoms with E-state index in [1.165, 1.54) is 43.5 Å². The second-order valence-corrected chi connectivity index (χ2v) is 8.57. The van der Waals surface area contributed by atoms with Gasteiger partial charge < -0.3 is 20.5 Å². The van der Waals surface area contributed by atoms with Crippen molar-refractivity contribution in [3.05, 3.63) is 70.9 Å². The molecule has 29 heavy (non-hydrogen) atoms. The molecular formula is C20H20N2O6S. The van der Waals surface area contributed by atoms with E-state index in [0.29, 0.717) is 5.56 Å². The number of amides is 2. The Kier molecular flexibility index (Phi) is 5.60. The fourth-order valence-corrected chi connectivity index (χ4v) is 4.34. The molecule has 1 heterocycles. The van der Waals surface area contributed by atoms with Gasteiger partial charge in [-0.15, -0.1) is 0 Å². The number of rotatable bonds is 5. The second-order valence-electron chi connectivity index (χ2n) is 6.58. The number of carbonyl (C=O) groups excluding carboxylic acids is 2. The number of phenols is 1. The van der Waals surface area contributed by atoms with E-state index in [9.17, 15) is 23.1 Å². The normalized spacial score (nSPS) is 16.8. The lowest BCUT2D eigenvalue weighted by Gasteiger charge is -2.29. The third-order valence-corrected chi connectivity index (χ3v) is 6.16. The molecule has 2 aromatic carbocycles. The van der Waals surface area contributed by atoms with Crippen molar-refractivity contribution in [2.45, 2.75) is 17.9 Å². The molecule has 1 aliphatic rings. The molecule has 0 aromatic heterocycles. The van der Waals surface area contributed by atoms with Crippen LogP contribution < -0.4 is 10.6 Å². The average Bonchev–Trinajstić information content (AvgIpc) is 2.67. The van der Waals surface area contributed by atoms with Crippen LogP contribution in [0.2, 0.25) is 0 Å². The van der Waals surface area contributed by atoms with Crippen LogP contribution in [0.3, 0.4) is 0 Å². The van der Waals surface area contributed by atoms with E-state index in [0.717, 1.165) is 5.56 Å². The lowest BCUT2D eigenvalue weighted by Crippen LogP contribution is -2.47. The van der Waals surface area contributed by atoms with Crippen molar-refractivity contribution < 1.29 is 27.9 Å². The van der Waals surface area contributed by atoms with Crippen LogP contribution in [0, 0.1) is 6.92 Å². The molecule has 3 N–H and O–H groups in total. The number of sulfone groups is 1. The van der Waals surface area contributed by atoms with Gasteiger partial charge in [0.25, 0.3) is 0 Å². The van der Waals surface area contributed by atoms with Crippen molar-refractivity contribution in [3.63, 3.8) is 0 Å². The van der Waals surface area contributed by atoms with E-state index >= 15 is 0 Å². The molecule has 1 aliphatic heterocycles. The van der Waals surface area contributed by atoms with E-state index in [1.54, 1.807) is 12.1 Å². The number of aryl methyl sites for hydroxylation is 1. The summed E-state index contributed by atoms with van der Waals surface area (Å²) in [6, 6.07) is 10.6. The Morgan fingerprint density at radius 3 is 2.31 bits per heavy atom. The van der Waals surface area contributed by atoms with Gasteiger partial charge in [-0.05, 0) is 36.8 Å². The highest BCUT2D eigenvalue weighted by Crippen LogP contribution is 2.30. The Bertz CT molecular complexity index is 1070. The SMILES string of the molecule is COC(=O)C1=C(CS(=O)(=O)c2ccc(C)cc2)NC(=O)N[C@H]1c1ccc(O)cc1. The molecule has 3 rings (SSSR count). The first-order chi connectivity index (χ1) is 13.7. The van der Waals surface area contributed by atoms with Gasteiger partial charge in [0.2, 0.25) is 0 Å². The Balaban J connectivity index is 2.08. The first-order valence-corrected chi connectivity index (χ1v) is 10.3. The summed E-state index contributed by atoms with van der Waals surface area (Å²) in [5.41, 5.74) is 1.32. The van der Waals surface area contributed by atoms with E-state index in [2.05, 4.69) is 10.6 Å². The highest BCUT2D eigenvalue weighted by atomic mass is 32.2. The minimum atomic E-state index is -3.84. The van der Waals surface area contributed by atoms with Gasteiger partial charge in [-0.2, -0.15) is 0 Å². The van der Waals surface area contributed by atoms with Crippen LogP contribution in [0.25, 0.3) is 0 Å². The predicted molar refractivity (Wildman–Crippen MR) is 105 cm³/mol. The maximum absolute atomic E-state index is 12.9. The quantitative estimate of drug-likeness (QED) is 0.641. The van der Waals surface area contributed by atoms with Gasteiger partial charge in [0.1, 0.15) is 5.75 Å². The van der Waals surface area contributed by atoms with E-state index < -0.39 is 33.6 Å². The van der Waals surface area contributed by atoms with E-state index in [-0.39, 0.29) is 21.9 Å². The number of carbonyl (C=O) groups is 2. The summed E-state index contributed by atoms with van der Waals surface area (Å²) < 4.78 is 30.6. The van der Waals surface area contributed by atoms with Crippen molar-refractivity contribution in [1.29, 1.82) is 0 Å². The summed E-state index contributed by atoms with van der Waals surface area (Å²) in [7, 11) is -2.66. The number of hydrogen-bond acceptors (Lipinski definition) is 6. The zero-order valence-electron chi connectivity index (χ0n) is 15.8. The Labute approximate surface area is 168 Å². The number of hydrogen-bond donors (Lipinski definition) is 3. The molecule has 2 amide bonds. The topological polar surface area (TPSA) is 122 Å². The number of methoxy groups -OCH3 is 1. The summed E-state index contributed by atoms with van der Waals surface area (Å²) in [6.07, 6.45) is 0. The molecule has 0 aliphatic carbocycles. The van der Waals surface area contributed by atoms with Crippen molar-refractivity contribution in [2.24, 2.45) is 0 Å². The van der Waals surface area contributed by atoms with Gasteiger partial charge in [-0.25, -0.2) is 18.0 Å². The highest BCUT2D eigenvalue weighted by molar-refractivity contribution is 7.91. The van der Waals surface area contributed by atoms with E-state index in [1.807, 2.05) is 6.92 Å². The number of aromatic hydroxyl groups is 1. The minimum absolute atomic E-state index is 0.0137. The van der Waals surface area contributed by atoms with Gasteiger partial charge in [0.05, 0.1) is 29.4 Å². The van der Waals surface area contributed by atoms with Gasteiger partial charge in [-0.1, -0.05) is 29.8 Å². The van der Waals surface area contributed by atoms with Crippen LogP contribution in [-0.4, -0.2) is 38.4 Å². The molecule has 0 saturated carbocycles. The van der Waals surface area contributed by atoms with Gasteiger partial charge in [0, 0.05) is 5.70 Å². The van der Waals surface area contributed by atoms with Crippen molar-refractivity contribution in [2.75, 3.05) is 12.9 Å². The van der Waals surface area contributed by atoms with Crippen molar-refractivity contribution in [1.82, 2.24) is 10.6 Å². The molecule has 2 aromatic rings. The van der Waals surface area contributed by atoms with Crippen LogP contribution in [0.5, 0.6) is 5.75 Å². The smallest absolute Gasteiger partial charge is 0.338 e. The number of ether oxygens (including phenoxy) is 1. The second kappa shape index (κ2) is 7.96. The zero-order chi connectivity index (χ0) is 21.2. The lowest BCUT2D eigenvalue weighted by molar-refractivity contribution is -0.136. The molecule has 1 atom stereocenters. The fraction of sp³-hybridized carbons (Fsp3) is 0.200. The highest BCUT2D eigenvalue weighted by Gasteiger charge is 2.35. The van der Waals surface area contributed by atoms with Crippen LogP contribution in [-0.2, 0) is 19.4 Å². The molecule has 8 nitrogen and oxygen atoms in total. The van der Waals surface area contributed by atoms with Crippen LogP contribution in [0.4, 0.5) is 4.79 Å². The maximum Gasteiger partial charge on any atom is 0.338 e. The predicted octanol–water partition coefficient (Wildman–Crippen LogP) is 1.96. The Hall–Kier alpha value is -3.33. The number of phenolic OH excluding ortho intramolecular Hbond substituents is 1. The first kappa shape index (κ1) is 20.4. The van der Waals surface area contributed by atoms with Gasteiger partial charge in [-0.3, -0.25) is 0 Å². The summed E-state index contributed by atoms with van der Waals surface area (Å²) in [5.74, 6) is -1.34. The molecule has 0 spiro atoms. The van der Waals surface area contributed by atoms with Crippen LogP contribution in [0.15, 0.2) is 64.7 Å². The number of benzene rings is 2. The molecule has 0 radical (unpaired) electrons. The third kappa shape index (κ3) is 4.40. The Morgan fingerprint density at radius 1 is 1.10 bits per heavy atom. The number of nitrogens with one attached hydrogen (secondary N) is 2. The van der Waals surface area contributed by atoms with E-state index in [4.69, 9.17) is 4.74 Å². The lowest BCUT2D eigenvalue weighted by atomic mass is 9.95. The average molecular weight is 416 g/mol. The van der Waals surface area contributed by atoms with Crippen LogP contribution in [0.1, 0.15) is 17.2 Å². The summed E-state index contributed by atoms with van der Waals surface area (Å²) in [4.78, 5) is 24.8. The van der Waals surface area contributed by atoms with Crippen LogP contribution >= 0.6 is 0 Å². The molecule has 0 unspecified atom stereocenters. The largest absolute Gasteiger partial charge is 0.508 e. The Morgan fingerprint density at radius 2 is 1.72 bits per heavy atom. The monoisotopic (exact) mass is 416 g/mol. The summed E-state index contributed by atoms with van der Waals surface area (Å²) >= 11 is 0. The first-order valence-electron chi connectivity index (χ1n) is 8.68. The zero-order valence-corrected chi connectivity index (χ0v) is 16.6. The van der Waals surface area contributed by atoms with Gasteiger partial charge >= 0.3 is 12.0 Å².